The van der Waals surface area contributed by atoms with Crippen LogP contribution in [0.25, 0.3) is 0 Å². The minimum atomic E-state index is -0.351. The molecular weight excluding hydrogens is 238 g/mol. The van der Waals surface area contributed by atoms with Crippen molar-refractivity contribution in [3.8, 4) is 11.5 Å². The van der Waals surface area contributed by atoms with Crippen molar-refractivity contribution in [2.24, 2.45) is 5.73 Å². The average molecular weight is 256 g/mol. The van der Waals surface area contributed by atoms with Crippen LogP contribution in [0.15, 0.2) is 12.1 Å². The van der Waals surface area contributed by atoms with E-state index in [0.717, 1.165) is 24.8 Å². The summed E-state index contributed by atoms with van der Waals surface area (Å²) < 4.78 is 11.0. The number of benzene rings is 1. The quantitative estimate of drug-likeness (QED) is 0.899. The molecule has 0 aromatic heterocycles. The van der Waals surface area contributed by atoms with Gasteiger partial charge < -0.3 is 15.2 Å². The number of ether oxygens (including phenoxy) is 2. The van der Waals surface area contributed by atoms with E-state index >= 15 is 0 Å². The van der Waals surface area contributed by atoms with Gasteiger partial charge >= 0.3 is 0 Å². The van der Waals surface area contributed by atoms with E-state index in [4.69, 9.17) is 26.8 Å². The summed E-state index contributed by atoms with van der Waals surface area (Å²) in [6, 6.07) is 3.64. The van der Waals surface area contributed by atoms with Crippen LogP contribution < -0.4 is 15.2 Å². The first-order valence-electron chi connectivity index (χ1n) is 5.91. The maximum atomic E-state index is 6.36. The van der Waals surface area contributed by atoms with Crippen molar-refractivity contribution < 1.29 is 9.47 Å². The highest BCUT2D eigenvalue weighted by Gasteiger charge is 2.39. The zero-order valence-corrected chi connectivity index (χ0v) is 11.0. The summed E-state index contributed by atoms with van der Waals surface area (Å²) in [6.07, 6.45) is 3.02. The van der Waals surface area contributed by atoms with Gasteiger partial charge in [0, 0.05) is 16.1 Å². The number of methoxy groups -OCH3 is 1. The Labute approximate surface area is 107 Å². The Hall–Kier alpha value is -0.930. The first-order valence-corrected chi connectivity index (χ1v) is 6.29. The molecule has 1 aliphatic carbocycles. The Morgan fingerprint density at radius 2 is 2.12 bits per heavy atom. The molecule has 3 nitrogen and oxygen atoms in total. The lowest BCUT2D eigenvalue weighted by Gasteiger charge is -2.40. The van der Waals surface area contributed by atoms with Gasteiger partial charge in [0.05, 0.1) is 13.7 Å². The van der Waals surface area contributed by atoms with E-state index in [1.165, 1.54) is 0 Å². The van der Waals surface area contributed by atoms with Crippen molar-refractivity contribution in [1.82, 2.24) is 0 Å². The fourth-order valence-corrected chi connectivity index (χ4v) is 2.60. The molecule has 94 valence electrons. The minimum absolute atomic E-state index is 0.351. The third-order valence-corrected chi connectivity index (χ3v) is 3.64. The Kier molecular flexibility index (Phi) is 3.50. The van der Waals surface area contributed by atoms with Crippen LogP contribution in [0.3, 0.4) is 0 Å². The van der Waals surface area contributed by atoms with Gasteiger partial charge in [0.15, 0.2) is 11.5 Å². The van der Waals surface area contributed by atoms with Gasteiger partial charge in [0.1, 0.15) is 0 Å². The molecule has 1 fully saturated rings. The highest BCUT2D eigenvalue weighted by atomic mass is 35.5. The molecule has 0 aliphatic heterocycles. The van der Waals surface area contributed by atoms with E-state index in [0.29, 0.717) is 23.1 Å². The normalized spacial score (nSPS) is 17.4. The Balaban J connectivity index is 2.53. The summed E-state index contributed by atoms with van der Waals surface area (Å²) in [4.78, 5) is 0. The van der Waals surface area contributed by atoms with Gasteiger partial charge in [-0.05, 0) is 38.3 Å². The summed E-state index contributed by atoms with van der Waals surface area (Å²) in [7, 11) is 1.62. The number of nitrogens with two attached hydrogens (primary N) is 1. The van der Waals surface area contributed by atoms with Crippen molar-refractivity contribution in [1.29, 1.82) is 0 Å². The maximum Gasteiger partial charge on any atom is 0.167 e. The first kappa shape index (κ1) is 12.5. The zero-order valence-electron chi connectivity index (χ0n) is 10.3. The summed E-state index contributed by atoms with van der Waals surface area (Å²) in [5.74, 6) is 1.40. The highest BCUT2D eigenvalue weighted by Crippen LogP contribution is 2.49. The first-order chi connectivity index (χ1) is 8.12. The molecule has 1 aromatic carbocycles. The molecule has 0 radical (unpaired) electrons. The Morgan fingerprint density at radius 1 is 1.41 bits per heavy atom. The van der Waals surface area contributed by atoms with Crippen LogP contribution in [0.5, 0.6) is 11.5 Å². The molecule has 0 spiro atoms. The third-order valence-electron chi connectivity index (χ3n) is 3.32. The summed E-state index contributed by atoms with van der Waals surface area (Å²) in [5, 5.41) is 0.663. The van der Waals surface area contributed by atoms with Gasteiger partial charge in [-0.25, -0.2) is 0 Å². The Bertz CT molecular complexity index is 416. The van der Waals surface area contributed by atoms with E-state index < -0.39 is 0 Å². The van der Waals surface area contributed by atoms with Crippen LogP contribution >= 0.6 is 11.6 Å². The van der Waals surface area contributed by atoms with Crippen molar-refractivity contribution >= 4 is 11.6 Å². The third kappa shape index (κ3) is 2.09. The van der Waals surface area contributed by atoms with E-state index in [-0.39, 0.29) is 5.54 Å². The summed E-state index contributed by atoms with van der Waals surface area (Å²) in [6.45, 7) is 2.51. The van der Waals surface area contributed by atoms with Gasteiger partial charge in [-0.3, -0.25) is 0 Å². The van der Waals surface area contributed by atoms with Gasteiger partial charge in [-0.1, -0.05) is 11.6 Å². The lowest BCUT2D eigenvalue weighted by molar-refractivity contribution is 0.233. The SMILES string of the molecule is CCOc1c(OC)ccc(Cl)c1C1(N)CCC1. The second-order valence-electron chi connectivity index (χ2n) is 4.40. The fraction of sp³-hybridized carbons (Fsp3) is 0.538. The minimum Gasteiger partial charge on any atom is -0.493 e. The van der Waals surface area contributed by atoms with E-state index in [1.807, 2.05) is 19.1 Å². The molecule has 2 N–H and O–H groups in total. The van der Waals surface area contributed by atoms with Crippen LogP contribution in [0.2, 0.25) is 5.02 Å². The second kappa shape index (κ2) is 4.75. The van der Waals surface area contributed by atoms with Crippen LogP contribution in [0, 0.1) is 0 Å². The number of rotatable bonds is 4. The molecule has 2 rings (SSSR count). The van der Waals surface area contributed by atoms with E-state index in [2.05, 4.69) is 0 Å². The molecule has 17 heavy (non-hydrogen) atoms. The summed E-state index contributed by atoms with van der Waals surface area (Å²) in [5.41, 5.74) is 6.90. The zero-order chi connectivity index (χ0) is 12.5. The molecule has 0 heterocycles. The Morgan fingerprint density at radius 3 is 2.59 bits per heavy atom. The molecule has 1 saturated carbocycles. The largest absolute Gasteiger partial charge is 0.493 e. The van der Waals surface area contributed by atoms with Crippen LogP contribution in [-0.2, 0) is 5.54 Å². The molecule has 4 heteroatoms. The number of hydrogen-bond donors (Lipinski definition) is 1. The van der Waals surface area contributed by atoms with Crippen LogP contribution in [-0.4, -0.2) is 13.7 Å². The van der Waals surface area contributed by atoms with Gasteiger partial charge in [-0.2, -0.15) is 0 Å². The molecular formula is C13H18ClNO2. The maximum absolute atomic E-state index is 6.36. The van der Waals surface area contributed by atoms with Gasteiger partial charge in [0.25, 0.3) is 0 Å². The molecule has 0 unspecified atom stereocenters. The van der Waals surface area contributed by atoms with E-state index in [9.17, 15) is 0 Å². The lowest BCUT2D eigenvalue weighted by atomic mass is 9.72. The van der Waals surface area contributed by atoms with Crippen molar-refractivity contribution in [3.05, 3.63) is 22.7 Å². The molecule has 0 saturated heterocycles. The monoisotopic (exact) mass is 255 g/mol. The molecule has 1 aliphatic rings. The molecule has 0 atom stereocenters. The van der Waals surface area contributed by atoms with Crippen molar-refractivity contribution in [3.63, 3.8) is 0 Å². The highest BCUT2D eigenvalue weighted by molar-refractivity contribution is 6.31. The number of hydrogen-bond acceptors (Lipinski definition) is 3. The topological polar surface area (TPSA) is 44.5 Å². The van der Waals surface area contributed by atoms with Crippen molar-refractivity contribution in [2.45, 2.75) is 31.7 Å². The predicted octanol–water partition coefficient (Wildman–Crippen LogP) is 3.09. The fourth-order valence-electron chi connectivity index (χ4n) is 2.26. The second-order valence-corrected chi connectivity index (χ2v) is 4.80. The van der Waals surface area contributed by atoms with Crippen molar-refractivity contribution in [2.75, 3.05) is 13.7 Å². The summed E-state index contributed by atoms with van der Waals surface area (Å²) >= 11 is 6.28. The van der Waals surface area contributed by atoms with Gasteiger partial charge in [0.2, 0.25) is 0 Å². The standard InChI is InChI=1S/C13H18ClNO2/c1-3-17-12-10(16-2)6-5-9(14)11(12)13(15)7-4-8-13/h5-6H,3-4,7-8,15H2,1-2H3. The van der Waals surface area contributed by atoms with Crippen LogP contribution in [0.4, 0.5) is 0 Å². The molecule has 0 amide bonds. The van der Waals surface area contributed by atoms with Crippen LogP contribution in [0.1, 0.15) is 31.7 Å². The van der Waals surface area contributed by atoms with Gasteiger partial charge in [-0.15, -0.1) is 0 Å². The average Bonchev–Trinajstić information content (AvgIpc) is 2.27. The smallest absolute Gasteiger partial charge is 0.167 e. The molecule has 0 bridgehead atoms. The van der Waals surface area contributed by atoms with E-state index in [1.54, 1.807) is 7.11 Å². The molecule has 1 aromatic rings. The number of halogens is 1. The lowest BCUT2D eigenvalue weighted by Crippen LogP contribution is -2.43. The predicted molar refractivity (Wildman–Crippen MR) is 68.9 cm³/mol.